The van der Waals surface area contributed by atoms with Gasteiger partial charge < -0.3 is 10.4 Å². The van der Waals surface area contributed by atoms with Crippen molar-refractivity contribution >= 4 is 29.2 Å². The molecule has 0 unspecified atom stereocenters. The first-order valence-corrected chi connectivity index (χ1v) is 5.58. The van der Waals surface area contributed by atoms with Gasteiger partial charge in [0.15, 0.2) is 5.11 Å². The maximum atomic E-state index is 11.4. The van der Waals surface area contributed by atoms with Gasteiger partial charge in [0.05, 0.1) is 11.1 Å². The predicted octanol–water partition coefficient (Wildman–Crippen LogP) is 0.652. The van der Waals surface area contributed by atoms with Gasteiger partial charge in [-0.15, -0.1) is 6.58 Å². The predicted molar refractivity (Wildman–Crippen MR) is 74.1 cm³/mol. The number of hydrazone groups is 1. The van der Waals surface area contributed by atoms with Crippen LogP contribution in [0.1, 0.15) is 5.56 Å². The number of hydrogen-bond donors (Lipinski definition) is 2. The summed E-state index contributed by atoms with van der Waals surface area (Å²) in [4.78, 5) is 9.99. The van der Waals surface area contributed by atoms with Crippen molar-refractivity contribution in [3.05, 3.63) is 46.5 Å². The largest absolute Gasteiger partial charge is 0.872 e. The minimum atomic E-state index is -0.583. The maximum absolute atomic E-state index is 11.4. The van der Waals surface area contributed by atoms with Gasteiger partial charge in [-0.3, -0.25) is 15.5 Å². The highest BCUT2D eigenvalue weighted by molar-refractivity contribution is 7.80. The molecule has 100 valence electrons. The lowest BCUT2D eigenvalue weighted by Crippen LogP contribution is -2.31. The van der Waals surface area contributed by atoms with Gasteiger partial charge in [-0.05, 0) is 17.8 Å². The fourth-order valence-corrected chi connectivity index (χ4v) is 1.25. The Morgan fingerprint density at radius 2 is 2.32 bits per heavy atom. The molecule has 1 rings (SSSR count). The normalized spacial score (nSPS) is 10.1. The fourth-order valence-electron chi connectivity index (χ4n) is 1.12. The summed E-state index contributed by atoms with van der Waals surface area (Å²) in [6.07, 6.45) is 2.80. The van der Waals surface area contributed by atoms with Gasteiger partial charge in [-0.1, -0.05) is 17.9 Å². The summed E-state index contributed by atoms with van der Waals surface area (Å²) >= 11 is 4.86. The summed E-state index contributed by atoms with van der Waals surface area (Å²) in [5.74, 6) is -0.360. The van der Waals surface area contributed by atoms with E-state index in [0.717, 1.165) is 18.2 Å². The molecule has 7 nitrogen and oxygen atoms in total. The van der Waals surface area contributed by atoms with Crippen molar-refractivity contribution in [1.29, 1.82) is 0 Å². The van der Waals surface area contributed by atoms with E-state index in [1.54, 1.807) is 6.08 Å². The third-order valence-electron chi connectivity index (χ3n) is 1.98. The molecule has 1 aromatic carbocycles. The Morgan fingerprint density at radius 3 is 2.95 bits per heavy atom. The highest BCUT2D eigenvalue weighted by Gasteiger charge is 2.05. The number of thiocarbonyl (C=S) groups is 1. The minimum Gasteiger partial charge on any atom is -0.872 e. The smallest absolute Gasteiger partial charge is 0.270 e. The van der Waals surface area contributed by atoms with Crippen LogP contribution in [0.4, 0.5) is 5.69 Å². The first kappa shape index (κ1) is 14.6. The average molecular weight is 279 g/mol. The Bertz CT molecular complexity index is 531. The molecular weight excluding hydrogens is 268 g/mol. The molecule has 0 amide bonds. The molecule has 0 aliphatic heterocycles. The van der Waals surface area contributed by atoms with Gasteiger partial charge in [0.1, 0.15) is 0 Å². The molecule has 1 aromatic rings. The molecule has 0 radical (unpaired) electrons. The molecular formula is C11H11N4O3S-. The highest BCUT2D eigenvalue weighted by Crippen LogP contribution is 2.18. The average Bonchev–Trinajstić information content (AvgIpc) is 2.38. The van der Waals surface area contributed by atoms with Crippen LogP contribution in [0.5, 0.6) is 5.75 Å². The van der Waals surface area contributed by atoms with Crippen LogP contribution >= 0.6 is 12.2 Å². The molecule has 0 aromatic heterocycles. The van der Waals surface area contributed by atoms with E-state index in [1.165, 1.54) is 6.21 Å². The Balaban J connectivity index is 2.70. The quantitative estimate of drug-likeness (QED) is 0.270. The third-order valence-corrected chi connectivity index (χ3v) is 2.22. The second-order valence-electron chi connectivity index (χ2n) is 3.35. The van der Waals surface area contributed by atoms with Crippen molar-refractivity contribution in [2.45, 2.75) is 0 Å². The first-order chi connectivity index (χ1) is 9.04. The molecule has 0 aliphatic rings. The lowest BCUT2D eigenvalue weighted by atomic mass is 10.2. The molecule has 0 aliphatic carbocycles. The summed E-state index contributed by atoms with van der Waals surface area (Å²) in [5.41, 5.74) is 2.41. The fraction of sp³-hybridized carbons (Fsp3) is 0.0909. The van der Waals surface area contributed by atoms with Gasteiger partial charge >= 0.3 is 0 Å². The van der Waals surface area contributed by atoms with Crippen molar-refractivity contribution in [3.63, 3.8) is 0 Å². The molecule has 0 spiro atoms. The lowest BCUT2D eigenvalue weighted by molar-refractivity contribution is -0.385. The van der Waals surface area contributed by atoms with Crippen LogP contribution in [0.25, 0.3) is 0 Å². The zero-order valence-corrected chi connectivity index (χ0v) is 10.6. The van der Waals surface area contributed by atoms with Crippen LogP contribution in [0.2, 0.25) is 0 Å². The van der Waals surface area contributed by atoms with Gasteiger partial charge in [0, 0.05) is 18.7 Å². The van der Waals surface area contributed by atoms with Gasteiger partial charge in [0.2, 0.25) is 0 Å². The van der Waals surface area contributed by atoms with Crippen LogP contribution < -0.4 is 15.8 Å². The minimum absolute atomic E-state index is 0.105. The number of non-ortho nitro benzene ring substituents is 1. The molecule has 0 atom stereocenters. The van der Waals surface area contributed by atoms with Crippen LogP contribution in [0, 0.1) is 10.1 Å². The van der Waals surface area contributed by atoms with E-state index < -0.39 is 4.92 Å². The SMILES string of the molecule is C=CCNC(=S)N/N=C\c1cc([N+](=O)[O-])ccc1[O-]. The number of nitrogens with zero attached hydrogens (tertiary/aromatic N) is 2. The Hall–Kier alpha value is -2.48. The molecule has 2 N–H and O–H groups in total. The zero-order chi connectivity index (χ0) is 14.3. The number of rotatable bonds is 5. The summed E-state index contributed by atoms with van der Waals surface area (Å²) < 4.78 is 0. The van der Waals surface area contributed by atoms with E-state index in [4.69, 9.17) is 12.2 Å². The molecule has 0 bridgehead atoms. The molecule has 19 heavy (non-hydrogen) atoms. The monoisotopic (exact) mass is 279 g/mol. The van der Waals surface area contributed by atoms with E-state index in [1.807, 2.05) is 0 Å². The molecule has 0 saturated carbocycles. The van der Waals surface area contributed by atoms with Crippen LogP contribution in [-0.4, -0.2) is 22.8 Å². The molecule has 0 fully saturated rings. The maximum Gasteiger partial charge on any atom is 0.270 e. The van der Waals surface area contributed by atoms with Crippen LogP contribution in [-0.2, 0) is 0 Å². The van der Waals surface area contributed by atoms with Crippen molar-refractivity contribution in [2.24, 2.45) is 5.10 Å². The van der Waals surface area contributed by atoms with Crippen molar-refractivity contribution < 1.29 is 10.0 Å². The summed E-state index contributed by atoms with van der Waals surface area (Å²) in [5, 5.41) is 28.7. The van der Waals surface area contributed by atoms with E-state index in [2.05, 4.69) is 22.4 Å². The third kappa shape index (κ3) is 4.72. The van der Waals surface area contributed by atoms with E-state index in [0.29, 0.717) is 6.54 Å². The van der Waals surface area contributed by atoms with E-state index in [-0.39, 0.29) is 22.1 Å². The van der Waals surface area contributed by atoms with E-state index >= 15 is 0 Å². The topological polar surface area (TPSA) is 103 Å². The molecule has 8 heteroatoms. The Kier molecular flexibility index (Phi) is 5.42. The van der Waals surface area contributed by atoms with Crippen LogP contribution in [0.3, 0.4) is 0 Å². The highest BCUT2D eigenvalue weighted by atomic mass is 32.1. The Morgan fingerprint density at radius 1 is 1.58 bits per heavy atom. The summed E-state index contributed by atoms with van der Waals surface area (Å²) in [6, 6.07) is 3.41. The van der Waals surface area contributed by atoms with Crippen LogP contribution in [0.15, 0.2) is 36.0 Å². The summed E-state index contributed by atoms with van der Waals surface area (Å²) in [7, 11) is 0. The Labute approximate surface area is 114 Å². The first-order valence-electron chi connectivity index (χ1n) is 5.18. The van der Waals surface area contributed by atoms with Crippen molar-refractivity contribution in [2.75, 3.05) is 6.54 Å². The number of benzene rings is 1. The zero-order valence-electron chi connectivity index (χ0n) is 9.83. The van der Waals surface area contributed by atoms with E-state index in [9.17, 15) is 15.2 Å². The standard InChI is InChI=1S/C11H12N4O3S/c1-2-5-12-11(19)14-13-7-8-6-9(15(17)18)3-4-10(8)16/h2-4,6-7,16H,1,5H2,(H2,12,14,19)/p-1/b13-7-. The molecule has 0 heterocycles. The number of nitrogens with one attached hydrogen (secondary N) is 2. The molecule has 0 saturated heterocycles. The van der Waals surface area contributed by atoms with Crippen molar-refractivity contribution in [3.8, 4) is 5.75 Å². The van der Waals surface area contributed by atoms with Crippen molar-refractivity contribution in [1.82, 2.24) is 10.7 Å². The summed E-state index contributed by atoms with van der Waals surface area (Å²) in [6.45, 7) is 3.98. The van der Waals surface area contributed by atoms with Gasteiger partial charge in [-0.2, -0.15) is 5.10 Å². The second kappa shape index (κ2) is 7.07. The number of nitro groups is 1. The number of nitro benzene ring substituents is 1. The van der Waals surface area contributed by atoms with Gasteiger partial charge in [-0.25, -0.2) is 0 Å². The lowest BCUT2D eigenvalue weighted by Gasteiger charge is -2.09. The van der Waals surface area contributed by atoms with Gasteiger partial charge in [0.25, 0.3) is 5.69 Å². The number of hydrogen-bond acceptors (Lipinski definition) is 5. The second-order valence-corrected chi connectivity index (χ2v) is 3.76.